The van der Waals surface area contributed by atoms with E-state index < -0.39 is 21.9 Å². The van der Waals surface area contributed by atoms with Gasteiger partial charge in [0.15, 0.2) is 0 Å². The van der Waals surface area contributed by atoms with E-state index in [1.54, 1.807) is 31.2 Å². The maximum atomic E-state index is 12.6. The quantitative estimate of drug-likeness (QED) is 0.710. The van der Waals surface area contributed by atoms with Gasteiger partial charge in [0.05, 0.1) is 22.8 Å². The van der Waals surface area contributed by atoms with Crippen molar-refractivity contribution in [3.05, 3.63) is 59.7 Å². The van der Waals surface area contributed by atoms with Crippen molar-refractivity contribution in [3.63, 3.8) is 0 Å². The third-order valence-electron chi connectivity index (χ3n) is 3.98. The summed E-state index contributed by atoms with van der Waals surface area (Å²) < 4.78 is 32.2. The Morgan fingerprint density at radius 3 is 2.56 bits per heavy atom. The number of hydrogen-bond donors (Lipinski definition) is 2. The molecule has 1 aliphatic carbocycles. The first-order valence-corrected chi connectivity index (χ1v) is 10.1. The molecule has 1 aliphatic rings. The normalized spacial score (nSPS) is 13.8. The fourth-order valence-corrected chi connectivity index (χ4v) is 3.82. The van der Waals surface area contributed by atoms with Crippen molar-refractivity contribution in [2.45, 2.75) is 30.7 Å². The number of esters is 1. The lowest BCUT2D eigenvalue weighted by molar-refractivity contribution is 0.0527. The highest BCUT2D eigenvalue weighted by atomic mass is 32.2. The van der Waals surface area contributed by atoms with E-state index in [-0.39, 0.29) is 28.7 Å². The molecule has 1 saturated carbocycles. The van der Waals surface area contributed by atoms with Gasteiger partial charge < -0.3 is 10.1 Å². The van der Waals surface area contributed by atoms with Gasteiger partial charge in [0, 0.05) is 11.6 Å². The van der Waals surface area contributed by atoms with Gasteiger partial charge in [-0.05, 0) is 50.1 Å². The van der Waals surface area contributed by atoms with Gasteiger partial charge in [-0.25, -0.2) is 17.9 Å². The average molecular weight is 388 g/mol. The van der Waals surface area contributed by atoms with Crippen molar-refractivity contribution in [2.75, 3.05) is 11.9 Å². The highest BCUT2D eigenvalue weighted by molar-refractivity contribution is 7.89. The van der Waals surface area contributed by atoms with Crippen LogP contribution in [0.4, 0.5) is 5.69 Å². The van der Waals surface area contributed by atoms with Crippen molar-refractivity contribution >= 4 is 27.6 Å². The Morgan fingerprint density at radius 1 is 1.11 bits per heavy atom. The molecule has 0 spiro atoms. The first-order valence-electron chi connectivity index (χ1n) is 8.60. The first-order chi connectivity index (χ1) is 12.9. The molecule has 7 nitrogen and oxygen atoms in total. The van der Waals surface area contributed by atoms with Gasteiger partial charge in [0.25, 0.3) is 5.91 Å². The zero-order chi connectivity index (χ0) is 19.4. The van der Waals surface area contributed by atoms with Crippen molar-refractivity contribution < 1.29 is 22.7 Å². The van der Waals surface area contributed by atoms with Gasteiger partial charge in [0.2, 0.25) is 10.0 Å². The molecule has 2 N–H and O–H groups in total. The molecule has 0 atom stereocenters. The number of rotatable bonds is 7. The Bertz CT molecular complexity index is 968. The predicted molar refractivity (Wildman–Crippen MR) is 100 cm³/mol. The first kappa shape index (κ1) is 19.1. The Morgan fingerprint density at radius 2 is 1.85 bits per heavy atom. The van der Waals surface area contributed by atoms with Crippen LogP contribution in [-0.4, -0.2) is 32.9 Å². The molecular weight excluding hydrogens is 368 g/mol. The van der Waals surface area contributed by atoms with E-state index in [2.05, 4.69) is 10.0 Å². The van der Waals surface area contributed by atoms with Crippen LogP contribution in [0.2, 0.25) is 0 Å². The summed E-state index contributed by atoms with van der Waals surface area (Å²) in [5.74, 6) is -1.06. The largest absolute Gasteiger partial charge is 0.462 e. The van der Waals surface area contributed by atoms with Crippen molar-refractivity contribution in [1.29, 1.82) is 0 Å². The average Bonchev–Trinajstić information content (AvgIpc) is 3.46. The van der Waals surface area contributed by atoms with Gasteiger partial charge in [-0.1, -0.05) is 18.2 Å². The fraction of sp³-hybridized carbons (Fsp3) is 0.263. The Balaban J connectivity index is 1.81. The van der Waals surface area contributed by atoms with E-state index in [0.717, 1.165) is 12.8 Å². The minimum atomic E-state index is -3.66. The number of sulfonamides is 1. The lowest BCUT2D eigenvalue weighted by Crippen LogP contribution is -2.26. The number of anilines is 1. The standard InChI is InChI=1S/C19H20N2O5S/c1-2-26-19(23)16-8-3-4-9-17(16)20-18(22)13-6-5-7-15(12-13)27(24,25)21-14-10-11-14/h3-9,12,14,21H,2,10-11H2,1H3,(H,20,22). The second-order valence-electron chi connectivity index (χ2n) is 6.14. The third kappa shape index (κ3) is 4.72. The molecule has 0 unspecified atom stereocenters. The van der Waals surface area contributed by atoms with Gasteiger partial charge in [-0.2, -0.15) is 0 Å². The monoisotopic (exact) mass is 388 g/mol. The van der Waals surface area contributed by atoms with E-state index in [1.165, 1.54) is 24.3 Å². The summed E-state index contributed by atoms with van der Waals surface area (Å²) in [5, 5.41) is 2.64. The molecule has 0 radical (unpaired) electrons. The minimum Gasteiger partial charge on any atom is -0.462 e. The Labute approximate surface area is 157 Å². The van der Waals surface area contributed by atoms with Gasteiger partial charge in [0.1, 0.15) is 0 Å². The van der Waals surface area contributed by atoms with Gasteiger partial charge >= 0.3 is 5.97 Å². The molecular formula is C19H20N2O5S. The van der Waals surface area contributed by atoms with Crippen LogP contribution in [0.3, 0.4) is 0 Å². The number of hydrogen-bond acceptors (Lipinski definition) is 5. The highest BCUT2D eigenvalue weighted by Gasteiger charge is 2.28. The molecule has 3 rings (SSSR count). The number of carbonyl (C=O) groups excluding carboxylic acids is 2. The Kier molecular flexibility index (Phi) is 5.57. The number of ether oxygens (including phenoxy) is 1. The summed E-state index contributed by atoms with van der Waals surface area (Å²) in [4.78, 5) is 24.6. The van der Waals surface area contributed by atoms with E-state index >= 15 is 0 Å². The zero-order valence-electron chi connectivity index (χ0n) is 14.8. The predicted octanol–water partition coefficient (Wildman–Crippen LogP) is 2.56. The van der Waals surface area contributed by atoms with Crippen molar-refractivity contribution in [3.8, 4) is 0 Å². The summed E-state index contributed by atoms with van der Waals surface area (Å²) in [6, 6.07) is 12.2. The zero-order valence-corrected chi connectivity index (χ0v) is 15.6. The van der Waals surface area contributed by atoms with Crippen LogP contribution < -0.4 is 10.0 Å². The van der Waals surface area contributed by atoms with Crippen LogP contribution >= 0.6 is 0 Å². The SMILES string of the molecule is CCOC(=O)c1ccccc1NC(=O)c1cccc(S(=O)(=O)NC2CC2)c1. The summed E-state index contributed by atoms with van der Waals surface area (Å²) in [5.41, 5.74) is 0.699. The number of carbonyl (C=O) groups is 2. The van der Waals surface area contributed by atoms with Gasteiger partial charge in [-0.15, -0.1) is 0 Å². The second kappa shape index (κ2) is 7.89. The fourth-order valence-electron chi connectivity index (χ4n) is 2.47. The van der Waals surface area contributed by atoms with Crippen LogP contribution in [0, 0.1) is 0 Å². The van der Waals surface area contributed by atoms with E-state index in [1.807, 2.05) is 0 Å². The third-order valence-corrected chi connectivity index (χ3v) is 5.49. The number of nitrogens with one attached hydrogen (secondary N) is 2. The smallest absolute Gasteiger partial charge is 0.340 e. The molecule has 0 saturated heterocycles. The topological polar surface area (TPSA) is 102 Å². The van der Waals surface area contributed by atoms with Crippen LogP contribution in [-0.2, 0) is 14.8 Å². The lowest BCUT2D eigenvalue weighted by Gasteiger charge is -2.11. The molecule has 27 heavy (non-hydrogen) atoms. The highest BCUT2D eigenvalue weighted by Crippen LogP contribution is 2.23. The number of benzene rings is 2. The molecule has 0 aromatic heterocycles. The molecule has 0 heterocycles. The molecule has 142 valence electrons. The molecule has 1 fully saturated rings. The molecule has 0 bridgehead atoms. The Hall–Kier alpha value is -2.71. The van der Waals surface area contributed by atoms with Crippen molar-refractivity contribution in [2.24, 2.45) is 0 Å². The van der Waals surface area contributed by atoms with Crippen LogP contribution in [0.5, 0.6) is 0 Å². The van der Waals surface area contributed by atoms with Crippen molar-refractivity contribution in [1.82, 2.24) is 4.72 Å². The molecule has 8 heteroatoms. The number of amides is 1. The van der Waals surface area contributed by atoms with Crippen LogP contribution in [0.25, 0.3) is 0 Å². The van der Waals surface area contributed by atoms with Crippen LogP contribution in [0.1, 0.15) is 40.5 Å². The summed E-state index contributed by atoms with van der Waals surface area (Å²) >= 11 is 0. The summed E-state index contributed by atoms with van der Waals surface area (Å²) in [7, 11) is -3.66. The second-order valence-corrected chi connectivity index (χ2v) is 7.86. The maximum absolute atomic E-state index is 12.6. The van der Waals surface area contributed by atoms with E-state index in [9.17, 15) is 18.0 Å². The maximum Gasteiger partial charge on any atom is 0.340 e. The molecule has 2 aromatic rings. The van der Waals surface area contributed by atoms with E-state index in [0.29, 0.717) is 5.69 Å². The molecule has 2 aromatic carbocycles. The van der Waals surface area contributed by atoms with Gasteiger partial charge in [-0.3, -0.25) is 4.79 Å². The van der Waals surface area contributed by atoms with E-state index in [4.69, 9.17) is 4.74 Å². The summed E-state index contributed by atoms with van der Waals surface area (Å²) in [6.45, 7) is 1.91. The summed E-state index contributed by atoms with van der Waals surface area (Å²) in [6.07, 6.45) is 1.65. The number of para-hydroxylation sites is 1. The van der Waals surface area contributed by atoms with Crippen LogP contribution in [0.15, 0.2) is 53.4 Å². The minimum absolute atomic E-state index is 0.0241. The lowest BCUT2D eigenvalue weighted by atomic mass is 10.1. The molecule has 0 aliphatic heterocycles. The molecule has 1 amide bonds.